The average molecular weight is 249 g/mol. The maximum atomic E-state index is 11.1. The summed E-state index contributed by atoms with van der Waals surface area (Å²) < 4.78 is 1.66. The third-order valence-corrected chi connectivity index (χ3v) is 3.15. The Morgan fingerprint density at radius 1 is 1.53 bits per heavy atom. The number of nitrogens with zero attached hydrogens (tertiary/aromatic N) is 2. The van der Waals surface area contributed by atoms with E-state index >= 15 is 0 Å². The van der Waals surface area contributed by atoms with Crippen LogP contribution < -0.4 is 5.73 Å². The molecule has 0 radical (unpaired) electrons. The normalized spacial score (nSPS) is 10.4. The van der Waals surface area contributed by atoms with Gasteiger partial charge >= 0.3 is 5.97 Å². The van der Waals surface area contributed by atoms with Gasteiger partial charge in [-0.25, -0.2) is 4.79 Å². The monoisotopic (exact) mass is 249 g/mol. The zero-order valence-corrected chi connectivity index (χ0v) is 9.94. The van der Waals surface area contributed by atoms with Crippen molar-refractivity contribution in [3.63, 3.8) is 0 Å². The van der Waals surface area contributed by atoms with Crippen LogP contribution >= 0.6 is 11.8 Å². The molecule has 0 aliphatic rings. The second-order valence-electron chi connectivity index (χ2n) is 3.51. The topological polar surface area (TPSA) is 81.1 Å². The number of rotatable bonds is 3. The van der Waals surface area contributed by atoms with Gasteiger partial charge in [-0.05, 0) is 18.2 Å². The second kappa shape index (κ2) is 4.50. The lowest BCUT2D eigenvalue weighted by molar-refractivity contribution is 0.0693. The van der Waals surface area contributed by atoms with Crippen molar-refractivity contribution < 1.29 is 9.90 Å². The molecule has 0 amide bonds. The lowest BCUT2D eigenvalue weighted by atomic mass is 10.2. The van der Waals surface area contributed by atoms with E-state index in [0.29, 0.717) is 10.6 Å². The average Bonchev–Trinajstić information content (AvgIpc) is 2.63. The number of carbonyl (C=O) groups is 1. The van der Waals surface area contributed by atoms with Crippen molar-refractivity contribution in [2.45, 2.75) is 9.79 Å². The molecule has 1 aromatic carbocycles. The van der Waals surface area contributed by atoms with E-state index in [4.69, 9.17) is 10.8 Å². The van der Waals surface area contributed by atoms with E-state index in [2.05, 4.69) is 5.10 Å². The molecule has 17 heavy (non-hydrogen) atoms. The number of aryl methyl sites for hydroxylation is 1. The summed E-state index contributed by atoms with van der Waals surface area (Å²) >= 11 is 1.33. The van der Waals surface area contributed by atoms with Gasteiger partial charge in [0, 0.05) is 23.8 Å². The minimum absolute atomic E-state index is 0.244. The molecule has 0 atom stereocenters. The molecule has 0 fully saturated rings. The van der Waals surface area contributed by atoms with Crippen LogP contribution in [-0.2, 0) is 7.05 Å². The number of aromatic nitrogens is 2. The summed E-state index contributed by atoms with van der Waals surface area (Å²) in [4.78, 5) is 12.5. The largest absolute Gasteiger partial charge is 0.478 e. The van der Waals surface area contributed by atoms with Crippen LogP contribution in [0.15, 0.2) is 40.4 Å². The van der Waals surface area contributed by atoms with Gasteiger partial charge in [-0.3, -0.25) is 4.68 Å². The van der Waals surface area contributed by atoms with Gasteiger partial charge in [-0.2, -0.15) is 5.10 Å². The van der Waals surface area contributed by atoms with Crippen LogP contribution in [0.5, 0.6) is 0 Å². The summed E-state index contributed by atoms with van der Waals surface area (Å²) in [5.74, 6) is -0.962. The molecule has 0 unspecified atom stereocenters. The van der Waals surface area contributed by atoms with E-state index in [0.717, 1.165) is 4.90 Å². The lowest BCUT2D eigenvalue weighted by Crippen LogP contribution is -1.99. The number of carboxylic acids is 1. The fourth-order valence-corrected chi connectivity index (χ4v) is 2.40. The fraction of sp³-hybridized carbons (Fsp3) is 0.0909. The van der Waals surface area contributed by atoms with Crippen molar-refractivity contribution in [1.29, 1.82) is 0 Å². The Morgan fingerprint density at radius 2 is 2.29 bits per heavy atom. The van der Waals surface area contributed by atoms with Crippen molar-refractivity contribution in [2.24, 2.45) is 7.05 Å². The molecule has 0 bridgehead atoms. The summed E-state index contributed by atoms with van der Waals surface area (Å²) in [5, 5.41) is 13.1. The summed E-state index contributed by atoms with van der Waals surface area (Å²) in [6.07, 6.45) is 3.50. The molecule has 2 rings (SSSR count). The molecule has 0 saturated heterocycles. The van der Waals surface area contributed by atoms with Gasteiger partial charge < -0.3 is 10.8 Å². The first-order valence-electron chi connectivity index (χ1n) is 4.85. The maximum absolute atomic E-state index is 11.1. The van der Waals surface area contributed by atoms with Crippen molar-refractivity contribution in [2.75, 3.05) is 5.73 Å². The maximum Gasteiger partial charge on any atom is 0.336 e. The second-order valence-corrected chi connectivity index (χ2v) is 4.63. The quantitative estimate of drug-likeness (QED) is 0.811. The Bertz CT molecular complexity index is 566. The Hall–Kier alpha value is -1.95. The highest BCUT2D eigenvalue weighted by atomic mass is 32.2. The van der Waals surface area contributed by atoms with Crippen LogP contribution in [0, 0.1) is 0 Å². The van der Waals surface area contributed by atoms with E-state index in [9.17, 15) is 4.79 Å². The van der Waals surface area contributed by atoms with Crippen molar-refractivity contribution in [3.05, 3.63) is 36.2 Å². The Balaban J connectivity index is 2.37. The van der Waals surface area contributed by atoms with Crippen LogP contribution in [0.4, 0.5) is 5.69 Å². The highest BCUT2D eigenvalue weighted by molar-refractivity contribution is 7.99. The predicted octanol–water partition coefficient (Wildman–Crippen LogP) is 1.85. The highest BCUT2D eigenvalue weighted by Gasteiger charge is 2.12. The summed E-state index contributed by atoms with van der Waals surface area (Å²) in [5.41, 5.74) is 6.45. The molecular weight excluding hydrogens is 238 g/mol. The Labute approximate surface area is 102 Å². The number of carboxylic acid groups (broad SMARTS) is 1. The molecule has 1 aromatic heterocycles. The first-order chi connectivity index (χ1) is 8.06. The van der Waals surface area contributed by atoms with Gasteiger partial charge in [0.05, 0.1) is 16.7 Å². The van der Waals surface area contributed by atoms with Gasteiger partial charge in [0.15, 0.2) is 0 Å². The van der Waals surface area contributed by atoms with Crippen LogP contribution in [0.25, 0.3) is 0 Å². The number of anilines is 1. The molecule has 5 nitrogen and oxygen atoms in total. The van der Waals surface area contributed by atoms with Crippen LogP contribution in [0.1, 0.15) is 10.4 Å². The van der Waals surface area contributed by atoms with E-state index in [-0.39, 0.29) is 5.56 Å². The zero-order valence-electron chi connectivity index (χ0n) is 9.12. The summed E-state index contributed by atoms with van der Waals surface area (Å²) in [7, 11) is 1.81. The fourth-order valence-electron chi connectivity index (χ4n) is 1.38. The molecule has 0 saturated carbocycles. The van der Waals surface area contributed by atoms with Gasteiger partial charge in [-0.15, -0.1) is 0 Å². The third-order valence-electron chi connectivity index (χ3n) is 2.15. The van der Waals surface area contributed by atoms with Crippen LogP contribution in [0.2, 0.25) is 0 Å². The molecule has 6 heteroatoms. The van der Waals surface area contributed by atoms with Crippen LogP contribution in [-0.4, -0.2) is 20.9 Å². The molecule has 0 aliphatic heterocycles. The summed E-state index contributed by atoms with van der Waals surface area (Å²) in [6.45, 7) is 0. The lowest BCUT2D eigenvalue weighted by Gasteiger charge is -2.05. The Morgan fingerprint density at radius 3 is 2.88 bits per heavy atom. The standard InChI is InChI=1S/C11H11N3O2S/c1-14-6-8(5-13-14)17-10-4-7(12)2-3-9(10)11(15)16/h2-6H,12H2,1H3,(H,15,16). The highest BCUT2D eigenvalue weighted by Crippen LogP contribution is 2.31. The number of benzene rings is 1. The molecule has 2 aromatic rings. The van der Waals surface area contributed by atoms with Gasteiger partial charge in [0.1, 0.15) is 0 Å². The van der Waals surface area contributed by atoms with Gasteiger partial charge in [-0.1, -0.05) is 11.8 Å². The number of nitrogen functional groups attached to an aromatic ring is 1. The van der Waals surface area contributed by atoms with E-state index < -0.39 is 5.97 Å². The van der Waals surface area contributed by atoms with E-state index in [1.807, 2.05) is 13.2 Å². The molecule has 3 N–H and O–H groups in total. The number of nitrogens with two attached hydrogens (primary N) is 1. The molecule has 0 aliphatic carbocycles. The molecule has 88 valence electrons. The van der Waals surface area contributed by atoms with Gasteiger partial charge in [0.25, 0.3) is 0 Å². The number of aromatic carboxylic acids is 1. The van der Waals surface area contributed by atoms with E-state index in [1.165, 1.54) is 17.8 Å². The van der Waals surface area contributed by atoms with Crippen molar-refractivity contribution >= 4 is 23.4 Å². The molecular formula is C11H11N3O2S. The molecule has 0 spiro atoms. The smallest absolute Gasteiger partial charge is 0.336 e. The van der Waals surface area contributed by atoms with Crippen molar-refractivity contribution in [1.82, 2.24) is 9.78 Å². The summed E-state index contributed by atoms with van der Waals surface area (Å²) in [6, 6.07) is 4.74. The number of hydrogen-bond acceptors (Lipinski definition) is 4. The van der Waals surface area contributed by atoms with Gasteiger partial charge in [0.2, 0.25) is 0 Å². The van der Waals surface area contributed by atoms with E-state index in [1.54, 1.807) is 23.0 Å². The predicted molar refractivity (Wildman–Crippen MR) is 65.1 cm³/mol. The first kappa shape index (κ1) is 11.5. The SMILES string of the molecule is Cn1cc(Sc2cc(N)ccc2C(=O)O)cn1. The molecule has 1 heterocycles. The van der Waals surface area contributed by atoms with Crippen LogP contribution in [0.3, 0.4) is 0 Å². The zero-order chi connectivity index (χ0) is 12.4. The Kier molecular flexibility index (Phi) is 3.06. The number of hydrogen-bond donors (Lipinski definition) is 2. The first-order valence-corrected chi connectivity index (χ1v) is 5.67. The minimum Gasteiger partial charge on any atom is -0.478 e. The third kappa shape index (κ3) is 2.59. The van der Waals surface area contributed by atoms with Crippen molar-refractivity contribution in [3.8, 4) is 0 Å². The minimum atomic E-state index is -0.962.